The van der Waals surface area contributed by atoms with Crippen LogP contribution in [0.1, 0.15) is 27.2 Å². The van der Waals surface area contributed by atoms with E-state index in [4.69, 9.17) is 9.26 Å². The largest absolute Gasteiger partial charge is 0.455 e. The molecule has 25 heavy (non-hydrogen) atoms. The predicted molar refractivity (Wildman–Crippen MR) is 86.9 cm³/mol. The van der Waals surface area contributed by atoms with Gasteiger partial charge in [-0.1, -0.05) is 11.2 Å². The summed E-state index contributed by atoms with van der Waals surface area (Å²) in [5.74, 6) is -0.983. The zero-order chi connectivity index (χ0) is 18.0. The van der Waals surface area contributed by atoms with Gasteiger partial charge in [-0.25, -0.2) is 13.6 Å². The number of halogens is 2. The zero-order valence-electron chi connectivity index (χ0n) is 13.7. The lowest BCUT2D eigenvalue weighted by atomic mass is 10.1. The Morgan fingerprint density at radius 2 is 1.84 bits per heavy atom. The van der Waals surface area contributed by atoms with Gasteiger partial charge in [0, 0.05) is 11.1 Å². The van der Waals surface area contributed by atoms with Crippen molar-refractivity contribution >= 4 is 5.97 Å². The summed E-state index contributed by atoms with van der Waals surface area (Å²) in [6, 6.07) is 9.95. The first-order valence-electron chi connectivity index (χ1n) is 7.60. The van der Waals surface area contributed by atoms with Gasteiger partial charge in [-0.3, -0.25) is 0 Å². The molecule has 3 aromatic rings. The van der Waals surface area contributed by atoms with Gasteiger partial charge in [0.1, 0.15) is 23.9 Å². The number of carbonyl (C=O) groups is 1. The molecule has 0 spiro atoms. The van der Waals surface area contributed by atoms with Gasteiger partial charge in [0.2, 0.25) is 0 Å². The molecule has 128 valence electrons. The molecule has 3 rings (SSSR count). The topological polar surface area (TPSA) is 52.3 Å². The monoisotopic (exact) mass is 343 g/mol. The summed E-state index contributed by atoms with van der Waals surface area (Å²) in [6.07, 6.45) is 0. The smallest absolute Gasteiger partial charge is 0.338 e. The van der Waals surface area contributed by atoms with Crippen molar-refractivity contribution in [3.05, 3.63) is 76.5 Å². The number of hydrogen-bond donors (Lipinski definition) is 0. The molecule has 0 saturated carbocycles. The van der Waals surface area contributed by atoms with Gasteiger partial charge in [-0.2, -0.15) is 0 Å². The first kappa shape index (κ1) is 16.8. The number of carbonyl (C=O) groups excluding carboxylic acids is 1. The van der Waals surface area contributed by atoms with Gasteiger partial charge < -0.3 is 9.26 Å². The molecule has 1 heterocycles. The van der Waals surface area contributed by atoms with E-state index < -0.39 is 11.8 Å². The van der Waals surface area contributed by atoms with E-state index in [0.29, 0.717) is 28.1 Å². The Labute approximate surface area is 143 Å². The number of benzene rings is 2. The van der Waals surface area contributed by atoms with E-state index in [1.54, 1.807) is 26.0 Å². The van der Waals surface area contributed by atoms with Crippen LogP contribution in [0.5, 0.6) is 0 Å². The molecule has 0 unspecified atom stereocenters. The number of aromatic nitrogens is 1. The average molecular weight is 343 g/mol. The molecule has 0 aliphatic rings. The first-order chi connectivity index (χ1) is 12.0. The third kappa shape index (κ3) is 3.57. The van der Waals surface area contributed by atoms with Crippen LogP contribution in [-0.4, -0.2) is 11.1 Å². The van der Waals surface area contributed by atoms with Crippen LogP contribution >= 0.6 is 0 Å². The maximum Gasteiger partial charge on any atom is 0.338 e. The molecule has 0 N–H and O–H groups in total. The van der Waals surface area contributed by atoms with Crippen LogP contribution in [0.3, 0.4) is 0 Å². The van der Waals surface area contributed by atoms with Crippen molar-refractivity contribution in [2.24, 2.45) is 0 Å². The molecule has 0 amide bonds. The maximum atomic E-state index is 13.5. The van der Waals surface area contributed by atoms with Crippen molar-refractivity contribution < 1.29 is 22.8 Å². The van der Waals surface area contributed by atoms with E-state index in [9.17, 15) is 13.6 Å². The Hall–Kier alpha value is -3.02. The van der Waals surface area contributed by atoms with Crippen molar-refractivity contribution in [1.82, 2.24) is 5.16 Å². The number of nitrogens with zero attached hydrogens (tertiary/aromatic N) is 1. The summed E-state index contributed by atoms with van der Waals surface area (Å²) < 4.78 is 37.0. The third-order valence-electron chi connectivity index (χ3n) is 3.87. The fourth-order valence-corrected chi connectivity index (χ4v) is 2.31. The number of ether oxygens (including phenoxy) is 1. The summed E-state index contributed by atoms with van der Waals surface area (Å²) in [5, 5.41) is 3.89. The van der Waals surface area contributed by atoms with Crippen LogP contribution in [0.25, 0.3) is 11.3 Å². The quantitative estimate of drug-likeness (QED) is 0.650. The Bertz CT molecular complexity index is 917. The van der Waals surface area contributed by atoms with E-state index >= 15 is 0 Å². The second-order valence-electron chi connectivity index (χ2n) is 5.63. The second-order valence-corrected chi connectivity index (χ2v) is 5.63. The zero-order valence-corrected chi connectivity index (χ0v) is 13.7. The molecular weight excluding hydrogens is 328 g/mol. The molecule has 0 aliphatic carbocycles. The van der Waals surface area contributed by atoms with E-state index in [1.165, 1.54) is 24.3 Å². The highest BCUT2D eigenvalue weighted by atomic mass is 19.1. The average Bonchev–Trinajstić information content (AvgIpc) is 2.96. The molecule has 2 aromatic carbocycles. The molecular formula is C19H15F2NO3. The minimum Gasteiger partial charge on any atom is -0.455 e. The molecule has 0 aliphatic heterocycles. The van der Waals surface area contributed by atoms with Crippen molar-refractivity contribution in [2.45, 2.75) is 20.5 Å². The first-order valence-corrected chi connectivity index (χ1v) is 7.60. The van der Waals surface area contributed by atoms with Crippen molar-refractivity contribution in [3.63, 3.8) is 0 Å². The van der Waals surface area contributed by atoms with Crippen LogP contribution in [0, 0.1) is 25.5 Å². The van der Waals surface area contributed by atoms with Crippen LogP contribution in [0.15, 0.2) is 47.0 Å². The summed E-state index contributed by atoms with van der Waals surface area (Å²) in [4.78, 5) is 12.0. The van der Waals surface area contributed by atoms with Gasteiger partial charge in [0.15, 0.2) is 5.76 Å². The molecule has 0 radical (unpaired) electrons. The highest BCUT2D eigenvalue weighted by Crippen LogP contribution is 2.26. The van der Waals surface area contributed by atoms with E-state index in [1.807, 2.05) is 0 Å². The summed E-state index contributed by atoms with van der Waals surface area (Å²) >= 11 is 0. The van der Waals surface area contributed by atoms with Gasteiger partial charge in [-0.05, 0) is 55.8 Å². The lowest BCUT2D eigenvalue weighted by Crippen LogP contribution is -2.06. The summed E-state index contributed by atoms with van der Waals surface area (Å²) in [6.45, 7) is 3.27. The van der Waals surface area contributed by atoms with Gasteiger partial charge in [-0.15, -0.1) is 0 Å². The number of esters is 1. The molecule has 4 nitrogen and oxygen atoms in total. The lowest BCUT2D eigenvalue weighted by molar-refractivity contribution is 0.0463. The van der Waals surface area contributed by atoms with E-state index in [0.717, 1.165) is 6.07 Å². The van der Waals surface area contributed by atoms with Crippen LogP contribution in [0.4, 0.5) is 8.78 Å². The molecule has 6 heteroatoms. The minimum absolute atomic E-state index is 0.106. The van der Waals surface area contributed by atoms with E-state index in [-0.39, 0.29) is 18.0 Å². The third-order valence-corrected chi connectivity index (χ3v) is 3.87. The Morgan fingerprint density at radius 3 is 2.52 bits per heavy atom. The Balaban J connectivity index is 1.72. The molecule has 0 saturated heterocycles. The fraction of sp³-hybridized carbons (Fsp3) is 0.158. The highest BCUT2D eigenvalue weighted by Gasteiger charge is 2.16. The Morgan fingerprint density at radius 1 is 1.12 bits per heavy atom. The number of rotatable bonds is 4. The van der Waals surface area contributed by atoms with Crippen molar-refractivity contribution in [1.29, 1.82) is 0 Å². The maximum absolute atomic E-state index is 13.5. The Kier molecular flexibility index (Phi) is 4.61. The van der Waals surface area contributed by atoms with Crippen LogP contribution in [0.2, 0.25) is 0 Å². The van der Waals surface area contributed by atoms with Gasteiger partial charge in [0.25, 0.3) is 0 Å². The van der Waals surface area contributed by atoms with Gasteiger partial charge in [0.05, 0.1) is 5.56 Å². The molecule has 0 fully saturated rings. The molecule has 0 atom stereocenters. The molecule has 1 aromatic heterocycles. The van der Waals surface area contributed by atoms with E-state index in [2.05, 4.69) is 5.16 Å². The second kappa shape index (κ2) is 6.84. The number of aryl methyl sites for hydroxylation is 1. The summed E-state index contributed by atoms with van der Waals surface area (Å²) in [5.41, 5.74) is 2.38. The van der Waals surface area contributed by atoms with Crippen LogP contribution < -0.4 is 0 Å². The highest BCUT2D eigenvalue weighted by molar-refractivity contribution is 5.89. The molecule has 0 bridgehead atoms. The SMILES string of the molecule is Cc1ccc(C(=O)OCc2noc(-c3ccc(F)cc3)c2C)cc1F. The van der Waals surface area contributed by atoms with Crippen LogP contribution in [-0.2, 0) is 11.3 Å². The van der Waals surface area contributed by atoms with Crippen molar-refractivity contribution in [3.8, 4) is 11.3 Å². The normalized spacial score (nSPS) is 10.7. The standard InChI is InChI=1S/C19H15F2NO3/c1-11-3-4-14(9-16(11)21)19(23)24-10-17-12(2)18(25-22-17)13-5-7-15(20)8-6-13/h3-9H,10H2,1-2H3. The predicted octanol–water partition coefficient (Wildman–Crippen LogP) is 4.59. The van der Waals surface area contributed by atoms with Gasteiger partial charge >= 0.3 is 5.97 Å². The lowest BCUT2D eigenvalue weighted by Gasteiger charge is -2.04. The van der Waals surface area contributed by atoms with Crippen molar-refractivity contribution in [2.75, 3.05) is 0 Å². The summed E-state index contributed by atoms with van der Waals surface area (Å²) in [7, 11) is 0. The number of hydrogen-bond acceptors (Lipinski definition) is 4. The minimum atomic E-state index is -0.648. The fourth-order valence-electron chi connectivity index (χ4n) is 2.31.